The van der Waals surface area contributed by atoms with Crippen molar-refractivity contribution in [2.45, 2.75) is 13.0 Å². The summed E-state index contributed by atoms with van der Waals surface area (Å²) in [6, 6.07) is 7.93. The second-order valence-electron chi connectivity index (χ2n) is 7.02. The fourth-order valence-corrected chi connectivity index (χ4v) is 4.04. The fraction of sp³-hybridized carbons (Fsp3) is 0.450. The summed E-state index contributed by atoms with van der Waals surface area (Å²) in [7, 11) is 1.67. The third-order valence-electron chi connectivity index (χ3n) is 4.99. The van der Waals surface area contributed by atoms with Crippen LogP contribution in [-0.2, 0) is 4.74 Å². The first-order valence-corrected chi connectivity index (χ1v) is 10.9. The molecule has 29 heavy (non-hydrogen) atoms. The molecule has 1 aromatic carbocycles. The summed E-state index contributed by atoms with van der Waals surface area (Å²) >= 11 is 1.79. The minimum absolute atomic E-state index is 0.0293. The van der Waals surface area contributed by atoms with Crippen molar-refractivity contribution < 1.29 is 9.47 Å². The second-order valence-corrected chi connectivity index (χ2v) is 7.91. The predicted octanol–water partition coefficient (Wildman–Crippen LogP) is 2.83. The SMILES string of the molecule is COCC(C)Oc1ccc2[nH]nc(-c3cc(N4CCN(SC)CC4)ncn3)c2c1. The number of ether oxygens (including phenoxy) is 2. The highest BCUT2D eigenvalue weighted by Crippen LogP contribution is 2.30. The fourth-order valence-electron chi connectivity index (χ4n) is 3.51. The Hall–Kier alpha value is -2.36. The Labute approximate surface area is 174 Å². The molecule has 0 radical (unpaired) electrons. The quantitative estimate of drug-likeness (QED) is 0.591. The molecule has 0 bridgehead atoms. The third-order valence-corrected chi connectivity index (χ3v) is 5.87. The topological polar surface area (TPSA) is 79.4 Å². The third kappa shape index (κ3) is 4.47. The molecule has 8 nitrogen and oxygen atoms in total. The Morgan fingerprint density at radius 1 is 1.17 bits per heavy atom. The summed E-state index contributed by atoms with van der Waals surface area (Å²) in [5, 5.41) is 8.58. The monoisotopic (exact) mass is 414 g/mol. The van der Waals surface area contributed by atoms with Gasteiger partial charge in [-0.25, -0.2) is 14.3 Å². The molecule has 1 aliphatic heterocycles. The Kier molecular flexibility index (Phi) is 6.17. The van der Waals surface area contributed by atoms with E-state index in [1.54, 1.807) is 25.4 Å². The van der Waals surface area contributed by atoms with Gasteiger partial charge < -0.3 is 14.4 Å². The smallest absolute Gasteiger partial charge is 0.132 e. The molecule has 3 heterocycles. The number of aromatic nitrogens is 4. The van der Waals surface area contributed by atoms with Gasteiger partial charge in [0.05, 0.1) is 17.8 Å². The first-order valence-electron chi connectivity index (χ1n) is 9.68. The number of benzene rings is 1. The molecular weight excluding hydrogens is 388 g/mol. The van der Waals surface area contributed by atoms with Gasteiger partial charge >= 0.3 is 0 Å². The van der Waals surface area contributed by atoms with Crippen LogP contribution in [0.3, 0.4) is 0 Å². The van der Waals surface area contributed by atoms with Crippen molar-refractivity contribution in [3.05, 3.63) is 30.6 Å². The van der Waals surface area contributed by atoms with E-state index in [0.717, 1.165) is 60.0 Å². The first-order chi connectivity index (χ1) is 14.2. The van der Waals surface area contributed by atoms with Crippen molar-refractivity contribution in [1.82, 2.24) is 24.5 Å². The Morgan fingerprint density at radius 3 is 2.76 bits per heavy atom. The lowest BCUT2D eigenvalue weighted by Crippen LogP contribution is -2.43. The van der Waals surface area contributed by atoms with Crippen molar-refractivity contribution >= 4 is 28.7 Å². The molecular formula is C20H26N6O2S. The number of piperazine rings is 1. The number of methoxy groups -OCH3 is 1. The van der Waals surface area contributed by atoms with Crippen molar-refractivity contribution in [3.8, 4) is 17.1 Å². The van der Waals surface area contributed by atoms with Gasteiger partial charge in [0, 0.05) is 44.7 Å². The van der Waals surface area contributed by atoms with Gasteiger partial charge in [-0.2, -0.15) is 5.10 Å². The molecule has 0 spiro atoms. The second kappa shape index (κ2) is 8.98. The van der Waals surface area contributed by atoms with Crippen LogP contribution in [-0.4, -0.2) is 76.7 Å². The van der Waals surface area contributed by atoms with Gasteiger partial charge in [-0.15, -0.1) is 0 Å². The van der Waals surface area contributed by atoms with E-state index in [4.69, 9.17) is 9.47 Å². The lowest BCUT2D eigenvalue weighted by molar-refractivity contribution is 0.0922. The average Bonchev–Trinajstić information content (AvgIpc) is 3.17. The maximum Gasteiger partial charge on any atom is 0.132 e. The van der Waals surface area contributed by atoms with Crippen LogP contribution in [0.5, 0.6) is 5.75 Å². The molecule has 0 amide bonds. The molecule has 2 aromatic heterocycles. The van der Waals surface area contributed by atoms with E-state index in [2.05, 4.69) is 35.6 Å². The van der Waals surface area contributed by atoms with Crippen LogP contribution in [0.15, 0.2) is 30.6 Å². The molecule has 4 rings (SSSR count). The molecule has 0 saturated carbocycles. The predicted molar refractivity (Wildman–Crippen MR) is 116 cm³/mol. The molecule has 1 fully saturated rings. The van der Waals surface area contributed by atoms with Crippen LogP contribution >= 0.6 is 11.9 Å². The maximum atomic E-state index is 5.95. The Bertz CT molecular complexity index is 957. The van der Waals surface area contributed by atoms with E-state index in [-0.39, 0.29) is 6.10 Å². The van der Waals surface area contributed by atoms with E-state index >= 15 is 0 Å². The van der Waals surface area contributed by atoms with E-state index in [1.165, 1.54) is 0 Å². The van der Waals surface area contributed by atoms with Crippen LogP contribution < -0.4 is 9.64 Å². The average molecular weight is 415 g/mol. The van der Waals surface area contributed by atoms with Gasteiger partial charge in [0.25, 0.3) is 0 Å². The largest absolute Gasteiger partial charge is 0.488 e. The Balaban J connectivity index is 1.59. The number of aromatic amines is 1. The zero-order valence-electron chi connectivity index (χ0n) is 17.0. The molecule has 9 heteroatoms. The highest BCUT2D eigenvalue weighted by atomic mass is 32.2. The standard InChI is InChI=1S/C20H26N6O2S/c1-14(12-27-2)28-15-4-5-17-16(10-15)20(24-23-17)18-11-19(22-13-21-18)25-6-8-26(29-3)9-7-25/h4-5,10-11,13-14H,6-9,12H2,1-3H3,(H,23,24). The number of rotatable bonds is 7. The summed E-state index contributed by atoms with van der Waals surface area (Å²) in [4.78, 5) is 11.3. The number of anilines is 1. The zero-order valence-corrected chi connectivity index (χ0v) is 17.8. The van der Waals surface area contributed by atoms with Gasteiger partial charge in [-0.05, 0) is 31.4 Å². The summed E-state index contributed by atoms with van der Waals surface area (Å²) in [5.74, 6) is 1.72. The zero-order chi connectivity index (χ0) is 20.2. The van der Waals surface area contributed by atoms with Crippen LogP contribution in [0.4, 0.5) is 5.82 Å². The van der Waals surface area contributed by atoms with Gasteiger partial charge in [-0.3, -0.25) is 5.10 Å². The lowest BCUT2D eigenvalue weighted by Gasteiger charge is -2.33. The number of nitrogens with zero attached hydrogens (tertiary/aromatic N) is 5. The van der Waals surface area contributed by atoms with Crippen molar-refractivity contribution in [3.63, 3.8) is 0 Å². The number of hydrogen-bond acceptors (Lipinski definition) is 8. The molecule has 1 saturated heterocycles. The highest BCUT2D eigenvalue weighted by molar-refractivity contribution is 7.96. The number of fused-ring (bicyclic) bond motifs is 1. The molecule has 1 unspecified atom stereocenters. The number of nitrogens with one attached hydrogen (secondary N) is 1. The lowest BCUT2D eigenvalue weighted by atomic mass is 10.1. The van der Waals surface area contributed by atoms with Gasteiger partial charge in [0.1, 0.15) is 29.7 Å². The maximum absolute atomic E-state index is 5.95. The van der Waals surface area contributed by atoms with Crippen molar-refractivity contribution in [1.29, 1.82) is 0 Å². The summed E-state index contributed by atoms with van der Waals surface area (Å²) in [6.07, 6.45) is 3.71. The number of H-pyrrole nitrogens is 1. The summed E-state index contributed by atoms with van der Waals surface area (Å²) < 4.78 is 13.5. The molecule has 1 aliphatic rings. The van der Waals surface area contributed by atoms with Gasteiger partial charge in [-0.1, -0.05) is 11.9 Å². The van der Waals surface area contributed by atoms with Gasteiger partial charge in [0.2, 0.25) is 0 Å². The molecule has 0 aliphatic carbocycles. The molecule has 3 aromatic rings. The van der Waals surface area contributed by atoms with Crippen LogP contribution in [0.1, 0.15) is 6.92 Å². The normalized spacial score (nSPS) is 16.3. The van der Waals surface area contributed by atoms with E-state index in [0.29, 0.717) is 6.61 Å². The molecule has 154 valence electrons. The van der Waals surface area contributed by atoms with E-state index in [1.807, 2.05) is 31.2 Å². The molecule has 1 N–H and O–H groups in total. The van der Waals surface area contributed by atoms with Crippen molar-refractivity contribution in [2.75, 3.05) is 51.1 Å². The van der Waals surface area contributed by atoms with Crippen LogP contribution in [0, 0.1) is 0 Å². The van der Waals surface area contributed by atoms with Crippen LogP contribution in [0.25, 0.3) is 22.3 Å². The first kappa shape index (κ1) is 19.9. The van der Waals surface area contributed by atoms with Crippen LogP contribution in [0.2, 0.25) is 0 Å². The highest BCUT2D eigenvalue weighted by Gasteiger charge is 2.19. The van der Waals surface area contributed by atoms with Crippen molar-refractivity contribution in [2.24, 2.45) is 0 Å². The summed E-state index contributed by atoms with van der Waals surface area (Å²) in [5.41, 5.74) is 2.55. The Morgan fingerprint density at radius 2 is 2.00 bits per heavy atom. The minimum atomic E-state index is -0.0293. The summed E-state index contributed by atoms with van der Waals surface area (Å²) in [6.45, 7) is 6.47. The molecule has 1 atom stereocenters. The van der Waals surface area contributed by atoms with E-state index in [9.17, 15) is 0 Å². The van der Waals surface area contributed by atoms with Gasteiger partial charge in [0.15, 0.2) is 0 Å². The number of hydrogen-bond donors (Lipinski definition) is 1. The minimum Gasteiger partial charge on any atom is -0.488 e. The van der Waals surface area contributed by atoms with E-state index < -0.39 is 0 Å².